The van der Waals surface area contributed by atoms with Crippen LogP contribution in [0.5, 0.6) is 0 Å². The minimum Gasteiger partial charge on any atom is -0.376 e. The first-order chi connectivity index (χ1) is 6.68. The van der Waals surface area contributed by atoms with Crippen molar-refractivity contribution in [2.75, 3.05) is 11.9 Å². The molecule has 0 bridgehead atoms. The van der Waals surface area contributed by atoms with Crippen molar-refractivity contribution in [3.63, 3.8) is 0 Å². The summed E-state index contributed by atoms with van der Waals surface area (Å²) >= 11 is 0. The van der Waals surface area contributed by atoms with Gasteiger partial charge in [0.1, 0.15) is 0 Å². The Morgan fingerprint density at radius 2 is 1.86 bits per heavy atom. The van der Waals surface area contributed by atoms with Crippen LogP contribution in [0.25, 0.3) is 0 Å². The number of benzene rings is 1. The van der Waals surface area contributed by atoms with Crippen molar-refractivity contribution in [2.45, 2.75) is 6.92 Å². The van der Waals surface area contributed by atoms with Crippen LogP contribution in [0.2, 0.25) is 0 Å². The number of anilines is 1. The van der Waals surface area contributed by atoms with E-state index in [1.165, 1.54) is 6.92 Å². The molecule has 0 saturated heterocycles. The molecule has 0 aliphatic heterocycles. The molecule has 0 aliphatic carbocycles. The molecule has 1 rings (SSSR count). The summed E-state index contributed by atoms with van der Waals surface area (Å²) < 4.78 is 0. The van der Waals surface area contributed by atoms with Gasteiger partial charge in [-0.2, -0.15) is 0 Å². The molecule has 74 valence electrons. The van der Waals surface area contributed by atoms with Gasteiger partial charge < -0.3 is 5.32 Å². The van der Waals surface area contributed by atoms with Crippen molar-refractivity contribution < 1.29 is 9.59 Å². The Balaban J connectivity index is 2.34. The molecule has 2 N–H and O–H groups in total. The lowest BCUT2D eigenvalue weighted by atomic mass is 10.3. The Morgan fingerprint density at radius 1 is 1.21 bits per heavy atom. The third-order valence-corrected chi connectivity index (χ3v) is 1.54. The number of imide groups is 1. The summed E-state index contributed by atoms with van der Waals surface area (Å²) in [6.07, 6.45) is 0. The molecule has 4 nitrogen and oxygen atoms in total. The zero-order valence-corrected chi connectivity index (χ0v) is 7.91. The number of nitrogens with one attached hydrogen (secondary N) is 2. The minimum atomic E-state index is -0.343. The van der Waals surface area contributed by atoms with Crippen LogP contribution in [0, 0.1) is 0 Å². The highest BCUT2D eigenvalue weighted by molar-refractivity contribution is 5.95. The number of hydrogen-bond acceptors (Lipinski definition) is 3. The topological polar surface area (TPSA) is 58.2 Å². The van der Waals surface area contributed by atoms with Crippen molar-refractivity contribution in [1.29, 1.82) is 0 Å². The number of para-hydroxylation sites is 1. The number of amides is 2. The van der Waals surface area contributed by atoms with Gasteiger partial charge in [0.05, 0.1) is 6.54 Å². The Morgan fingerprint density at radius 3 is 2.43 bits per heavy atom. The van der Waals surface area contributed by atoms with Gasteiger partial charge in [-0.15, -0.1) is 0 Å². The first-order valence-electron chi connectivity index (χ1n) is 4.28. The van der Waals surface area contributed by atoms with Gasteiger partial charge in [-0.3, -0.25) is 14.9 Å². The highest BCUT2D eigenvalue weighted by Gasteiger charge is 2.01. The average Bonchev–Trinajstić information content (AvgIpc) is 2.15. The van der Waals surface area contributed by atoms with Crippen molar-refractivity contribution in [3.8, 4) is 0 Å². The monoisotopic (exact) mass is 192 g/mol. The van der Waals surface area contributed by atoms with Crippen LogP contribution in [0.1, 0.15) is 6.92 Å². The lowest BCUT2D eigenvalue weighted by molar-refractivity contribution is -0.128. The first kappa shape index (κ1) is 10.2. The predicted octanol–water partition coefficient (Wildman–Crippen LogP) is 0.761. The van der Waals surface area contributed by atoms with Crippen LogP contribution in [0.4, 0.5) is 5.69 Å². The molecule has 0 atom stereocenters. The summed E-state index contributed by atoms with van der Waals surface area (Å²) in [5, 5.41) is 5.06. The lowest BCUT2D eigenvalue weighted by Gasteiger charge is -2.04. The van der Waals surface area contributed by atoms with E-state index in [1.807, 2.05) is 30.3 Å². The molecule has 0 spiro atoms. The van der Waals surface area contributed by atoms with Gasteiger partial charge in [0, 0.05) is 12.6 Å². The quantitative estimate of drug-likeness (QED) is 0.743. The highest BCUT2D eigenvalue weighted by atomic mass is 16.2. The maximum absolute atomic E-state index is 11.0. The molecule has 4 heteroatoms. The van der Waals surface area contributed by atoms with Crippen LogP contribution in [0.3, 0.4) is 0 Å². The van der Waals surface area contributed by atoms with Gasteiger partial charge in [-0.1, -0.05) is 18.2 Å². The van der Waals surface area contributed by atoms with E-state index in [1.54, 1.807) is 0 Å². The van der Waals surface area contributed by atoms with E-state index in [4.69, 9.17) is 0 Å². The molecule has 1 aromatic carbocycles. The van der Waals surface area contributed by atoms with Crippen LogP contribution in [0.15, 0.2) is 30.3 Å². The standard InChI is InChI=1S/C10H12N2O2/c1-8(13)12-10(14)7-11-9-5-3-2-4-6-9/h2-6,11H,7H2,1H3,(H,12,13,14). The maximum Gasteiger partial charge on any atom is 0.245 e. The summed E-state index contributed by atoms with van der Waals surface area (Å²) in [6.45, 7) is 1.41. The third-order valence-electron chi connectivity index (χ3n) is 1.54. The molecule has 2 amide bonds. The zero-order valence-electron chi connectivity index (χ0n) is 7.91. The maximum atomic E-state index is 11.0. The van der Waals surface area contributed by atoms with E-state index in [2.05, 4.69) is 10.6 Å². The normalized spacial score (nSPS) is 9.21. The Kier molecular flexibility index (Phi) is 3.67. The summed E-state index contributed by atoms with van der Waals surface area (Å²) in [6, 6.07) is 9.32. The molecule has 14 heavy (non-hydrogen) atoms. The molecule has 0 fully saturated rings. The fourth-order valence-corrected chi connectivity index (χ4v) is 0.979. The molecule has 0 radical (unpaired) electrons. The van der Waals surface area contributed by atoms with E-state index >= 15 is 0 Å². The van der Waals surface area contributed by atoms with Crippen LogP contribution < -0.4 is 10.6 Å². The van der Waals surface area contributed by atoms with Gasteiger partial charge in [-0.25, -0.2) is 0 Å². The lowest BCUT2D eigenvalue weighted by Crippen LogP contribution is -2.33. The summed E-state index contributed by atoms with van der Waals surface area (Å²) in [5.74, 6) is -0.675. The summed E-state index contributed by atoms with van der Waals surface area (Å²) in [7, 11) is 0. The molecule has 0 heterocycles. The second kappa shape index (κ2) is 5.01. The van der Waals surface area contributed by atoms with Crippen molar-refractivity contribution in [2.24, 2.45) is 0 Å². The molecule has 0 aliphatic rings. The van der Waals surface area contributed by atoms with Gasteiger partial charge in [-0.05, 0) is 12.1 Å². The smallest absolute Gasteiger partial charge is 0.245 e. The van der Waals surface area contributed by atoms with Crippen LogP contribution in [-0.4, -0.2) is 18.4 Å². The van der Waals surface area contributed by atoms with Gasteiger partial charge in [0.25, 0.3) is 0 Å². The first-order valence-corrected chi connectivity index (χ1v) is 4.28. The minimum absolute atomic E-state index is 0.101. The summed E-state index contributed by atoms with van der Waals surface area (Å²) in [4.78, 5) is 21.5. The van der Waals surface area contributed by atoms with Crippen molar-refractivity contribution in [1.82, 2.24) is 5.32 Å². The summed E-state index contributed by atoms with van der Waals surface area (Å²) in [5.41, 5.74) is 0.853. The van der Waals surface area contributed by atoms with Gasteiger partial charge >= 0.3 is 0 Å². The van der Waals surface area contributed by atoms with Crippen LogP contribution in [-0.2, 0) is 9.59 Å². The molecule has 1 aromatic rings. The van der Waals surface area contributed by atoms with E-state index < -0.39 is 0 Å². The highest BCUT2D eigenvalue weighted by Crippen LogP contribution is 2.03. The molecule has 0 saturated carbocycles. The second-order valence-electron chi connectivity index (χ2n) is 2.82. The van der Waals surface area contributed by atoms with E-state index in [0.29, 0.717) is 0 Å². The predicted molar refractivity (Wildman–Crippen MR) is 53.8 cm³/mol. The largest absolute Gasteiger partial charge is 0.376 e. The van der Waals surface area contributed by atoms with Crippen molar-refractivity contribution in [3.05, 3.63) is 30.3 Å². The number of rotatable bonds is 3. The Hall–Kier alpha value is -1.84. The van der Waals surface area contributed by atoms with Crippen LogP contribution >= 0.6 is 0 Å². The number of carbonyl (C=O) groups excluding carboxylic acids is 2. The SMILES string of the molecule is CC(=O)NC(=O)CNc1ccccc1. The van der Waals surface area contributed by atoms with E-state index in [-0.39, 0.29) is 18.4 Å². The third kappa shape index (κ3) is 3.71. The van der Waals surface area contributed by atoms with Crippen molar-refractivity contribution >= 4 is 17.5 Å². The fourth-order valence-electron chi connectivity index (χ4n) is 0.979. The molecule has 0 aromatic heterocycles. The number of carbonyl (C=O) groups is 2. The van der Waals surface area contributed by atoms with Gasteiger partial charge in [0.2, 0.25) is 11.8 Å². The second-order valence-corrected chi connectivity index (χ2v) is 2.82. The Bertz CT molecular complexity index is 322. The molecule has 0 unspecified atom stereocenters. The van der Waals surface area contributed by atoms with E-state index in [9.17, 15) is 9.59 Å². The molecular formula is C10H12N2O2. The zero-order chi connectivity index (χ0) is 10.4. The number of hydrogen-bond donors (Lipinski definition) is 2. The van der Waals surface area contributed by atoms with E-state index in [0.717, 1.165) is 5.69 Å². The fraction of sp³-hybridized carbons (Fsp3) is 0.200. The average molecular weight is 192 g/mol. The molecular weight excluding hydrogens is 180 g/mol. The Labute approximate surface area is 82.3 Å². The van der Waals surface area contributed by atoms with Gasteiger partial charge in [0.15, 0.2) is 0 Å².